The van der Waals surface area contributed by atoms with Crippen LogP contribution in [-0.4, -0.2) is 15.8 Å². The third-order valence-corrected chi connectivity index (χ3v) is 5.45. The van der Waals surface area contributed by atoms with Crippen molar-refractivity contribution in [3.05, 3.63) is 107 Å². The molecule has 1 heterocycles. The number of rotatable bonds is 8. The predicted molar refractivity (Wildman–Crippen MR) is 128 cm³/mol. The van der Waals surface area contributed by atoms with Crippen LogP contribution < -0.4 is 16.4 Å². The highest BCUT2D eigenvalue weighted by Gasteiger charge is 2.12. The van der Waals surface area contributed by atoms with E-state index in [4.69, 9.17) is 22.4 Å². The first-order valence-corrected chi connectivity index (χ1v) is 10.7. The van der Waals surface area contributed by atoms with Crippen molar-refractivity contribution < 1.29 is 4.79 Å². The summed E-state index contributed by atoms with van der Waals surface area (Å²) < 4.78 is 1.93. The van der Waals surface area contributed by atoms with Gasteiger partial charge in [0.25, 0.3) is 0 Å². The van der Waals surface area contributed by atoms with Crippen molar-refractivity contribution in [3.63, 3.8) is 0 Å². The predicted octanol–water partition coefficient (Wildman–Crippen LogP) is 5.03. The van der Waals surface area contributed by atoms with Crippen LogP contribution in [0, 0.1) is 0 Å². The van der Waals surface area contributed by atoms with Gasteiger partial charge in [-0.15, -0.1) is 0 Å². The van der Waals surface area contributed by atoms with E-state index >= 15 is 0 Å². The van der Waals surface area contributed by atoms with Crippen molar-refractivity contribution in [1.29, 1.82) is 0 Å². The van der Waals surface area contributed by atoms with E-state index in [2.05, 4.69) is 29.0 Å². The normalized spacial score (nSPS) is 10.7. The molecule has 0 saturated heterocycles. The molecule has 162 valence electrons. The molecule has 1 aromatic heterocycles. The Morgan fingerprint density at radius 1 is 0.906 bits per heavy atom. The first-order valence-electron chi connectivity index (χ1n) is 10.3. The molecule has 0 aliphatic carbocycles. The van der Waals surface area contributed by atoms with Gasteiger partial charge in [-0.25, -0.2) is 4.79 Å². The van der Waals surface area contributed by atoms with Gasteiger partial charge in [0.05, 0.1) is 12.2 Å². The fraction of sp³-hybridized carbons (Fsp3) is 0.120. The van der Waals surface area contributed by atoms with Gasteiger partial charge in [-0.05, 0) is 29.3 Å². The molecule has 6 nitrogen and oxygen atoms in total. The summed E-state index contributed by atoms with van der Waals surface area (Å²) in [6.45, 7) is 1.62. The van der Waals surface area contributed by atoms with Crippen LogP contribution in [-0.2, 0) is 19.6 Å². The molecule has 7 heteroatoms. The summed E-state index contributed by atoms with van der Waals surface area (Å²) in [6.07, 6.45) is 2.06. The lowest BCUT2D eigenvalue weighted by Crippen LogP contribution is -2.28. The van der Waals surface area contributed by atoms with E-state index in [9.17, 15) is 4.79 Å². The molecule has 0 spiro atoms. The largest absolute Gasteiger partial charge is 0.381 e. The van der Waals surface area contributed by atoms with Gasteiger partial charge in [-0.2, -0.15) is 5.10 Å². The Morgan fingerprint density at radius 3 is 2.34 bits per heavy atom. The van der Waals surface area contributed by atoms with Crippen molar-refractivity contribution >= 4 is 23.3 Å². The molecular formula is C25H24ClN5O. The van der Waals surface area contributed by atoms with Gasteiger partial charge in [0.15, 0.2) is 0 Å². The van der Waals surface area contributed by atoms with Gasteiger partial charge < -0.3 is 16.4 Å². The molecule has 2 amide bonds. The third kappa shape index (κ3) is 5.47. The maximum atomic E-state index is 10.9. The standard InChI is InChI=1S/C25H24ClN5O/c26-23-9-5-4-8-20(23)16-31-17-21(24(30-31)19-6-2-1-3-7-19)15-28-22-12-10-18(11-13-22)14-29-25(27)32/h1-13,17,28H,14-16H2,(H3,27,29,32). The molecule has 0 atom stereocenters. The smallest absolute Gasteiger partial charge is 0.312 e. The zero-order chi connectivity index (χ0) is 22.3. The Bertz CT molecular complexity index is 1190. The number of nitrogens with one attached hydrogen (secondary N) is 2. The van der Waals surface area contributed by atoms with Gasteiger partial charge in [0.2, 0.25) is 0 Å². The van der Waals surface area contributed by atoms with Crippen molar-refractivity contribution in [2.45, 2.75) is 19.6 Å². The lowest BCUT2D eigenvalue weighted by Gasteiger charge is -2.08. The number of nitrogens with zero attached hydrogens (tertiary/aromatic N) is 2. The van der Waals surface area contributed by atoms with Gasteiger partial charge in [0.1, 0.15) is 0 Å². The summed E-state index contributed by atoms with van der Waals surface area (Å²) in [5.41, 5.74) is 11.2. The summed E-state index contributed by atoms with van der Waals surface area (Å²) in [6, 6.07) is 25.3. The van der Waals surface area contributed by atoms with Crippen LogP contribution in [0.25, 0.3) is 11.3 Å². The van der Waals surface area contributed by atoms with Crippen molar-refractivity contribution in [2.24, 2.45) is 5.73 Å². The second-order valence-corrected chi connectivity index (χ2v) is 7.83. The van der Waals surface area contributed by atoms with Crippen molar-refractivity contribution in [3.8, 4) is 11.3 Å². The second kappa shape index (κ2) is 10.0. The lowest BCUT2D eigenvalue weighted by atomic mass is 10.1. The first kappa shape index (κ1) is 21.5. The quantitative estimate of drug-likeness (QED) is 0.355. The summed E-state index contributed by atoms with van der Waals surface area (Å²) in [7, 11) is 0. The zero-order valence-electron chi connectivity index (χ0n) is 17.5. The summed E-state index contributed by atoms with van der Waals surface area (Å²) in [5, 5.41) is 11.6. The van der Waals surface area contributed by atoms with Crippen LogP contribution in [0.2, 0.25) is 5.02 Å². The fourth-order valence-corrected chi connectivity index (χ4v) is 3.64. The average Bonchev–Trinajstić information content (AvgIpc) is 3.22. The minimum atomic E-state index is -0.533. The Balaban J connectivity index is 1.52. The minimum absolute atomic E-state index is 0.405. The molecule has 0 aliphatic rings. The monoisotopic (exact) mass is 445 g/mol. The second-order valence-electron chi connectivity index (χ2n) is 7.43. The number of primary amides is 1. The van der Waals surface area contributed by atoms with E-state index in [0.717, 1.165) is 38.7 Å². The van der Waals surface area contributed by atoms with E-state index < -0.39 is 6.03 Å². The number of benzene rings is 3. The maximum Gasteiger partial charge on any atom is 0.312 e. The minimum Gasteiger partial charge on any atom is -0.381 e. The number of carbonyl (C=O) groups excluding carboxylic acids is 1. The highest BCUT2D eigenvalue weighted by atomic mass is 35.5. The van der Waals surface area contributed by atoms with Gasteiger partial charge in [0, 0.05) is 41.1 Å². The molecule has 0 bridgehead atoms. The number of nitrogens with two attached hydrogens (primary N) is 1. The molecule has 0 aliphatic heterocycles. The van der Waals surface area contributed by atoms with Crippen LogP contribution in [0.1, 0.15) is 16.7 Å². The number of halogens is 1. The summed E-state index contributed by atoms with van der Waals surface area (Å²) >= 11 is 6.35. The number of amides is 2. The molecule has 0 unspecified atom stereocenters. The van der Waals surface area contributed by atoms with Crippen molar-refractivity contribution in [1.82, 2.24) is 15.1 Å². The van der Waals surface area contributed by atoms with Gasteiger partial charge in [-0.3, -0.25) is 4.68 Å². The molecule has 4 N–H and O–H groups in total. The number of hydrogen-bond donors (Lipinski definition) is 3. The molecule has 4 rings (SSSR count). The summed E-state index contributed by atoms with van der Waals surface area (Å²) in [5.74, 6) is 0. The molecule has 3 aromatic carbocycles. The van der Waals surface area contributed by atoms with Crippen LogP contribution >= 0.6 is 11.6 Å². The number of urea groups is 1. The Hall–Kier alpha value is -3.77. The number of aromatic nitrogens is 2. The van der Waals surface area contributed by atoms with Crippen LogP contribution in [0.3, 0.4) is 0 Å². The molecular weight excluding hydrogens is 422 g/mol. The van der Waals surface area contributed by atoms with Crippen molar-refractivity contribution in [2.75, 3.05) is 5.32 Å². The van der Waals surface area contributed by atoms with E-state index in [-0.39, 0.29) is 0 Å². The first-order chi connectivity index (χ1) is 15.6. The van der Waals surface area contributed by atoms with Crippen LogP contribution in [0.5, 0.6) is 0 Å². The van der Waals surface area contributed by atoms with E-state index in [0.29, 0.717) is 19.6 Å². The SMILES string of the molecule is NC(=O)NCc1ccc(NCc2cn(Cc3ccccc3Cl)nc2-c2ccccc2)cc1. The zero-order valence-corrected chi connectivity index (χ0v) is 18.2. The van der Waals surface area contributed by atoms with E-state index in [1.807, 2.05) is 71.4 Å². The van der Waals surface area contributed by atoms with E-state index in [1.54, 1.807) is 0 Å². The number of carbonyl (C=O) groups is 1. The van der Waals surface area contributed by atoms with Gasteiger partial charge >= 0.3 is 6.03 Å². The Morgan fingerprint density at radius 2 is 1.62 bits per heavy atom. The molecule has 0 radical (unpaired) electrons. The third-order valence-electron chi connectivity index (χ3n) is 5.08. The van der Waals surface area contributed by atoms with Crippen LogP contribution in [0.4, 0.5) is 10.5 Å². The topological polar surface area (TPSA) is 85.0 Å². The number of anilines is 1. The number of hydrogen-bond acceptors (Lipinski definition) is 3. The fourth-order valence-electron chi connectivity index (χ4n) is 3.44. The van der Waals surface area contributed by atoms with Gasteiger partial charge in [-0.1, -0.05) is 72.3 Å². The average molecular weight is 446 g/mol. The molecule has 4 aromatic rings. The van der Waals surface area contributed by atoms with E-state index in [1.165, 1.54) is 0 Å². The highest BCUT2D eigenvalue weighted by Crippen LogP contribution is 2.24. The summed E-state index contributed by atoms with van der Waals surface area (Å²) in [4.78, 5) is 10.9. The molecule has 0 saturated carbocycles. The molecule has 0 fully saturated rings. The Kier molecular flexibility index (Phi) is 6.72. The van der Waals surface area contributed by atoms with Crippen LogP contribution in [0.15, 0.2) is 85.1 Å². The Labute approximate surface area is 192 Å². The lowest BCUT2D eigenvalue weighted by molar-refractivity contribution is 0.248. The highest BCUT2D eigenvalue weighted by molar-refractivity contribution is 6.31. The maximum absolute atomic E-state index is 10.9. The molecule has 32 heavy (non-hydrogen) atoms.